The molecule has 0 spiro atoms. The van der Waals surface area contributed by atoms with E-state index >= 15 is 0 Å². The molecular formula is C24H26F2N6O2. The number of anilines is 3. The lowest BCUT2D eigenvalue weighted by atomic mass is 10.0. The van der Waals surface area contributed by atoms with Crippen LogP contribution in [0.5, 0.6) is 0 Å². The summed E-state index contributed by atoms with van der Waals surface area (Å²) in [6, 6.07) is 4.06. The summed E-state index contributed by atoms with van der Waals surface area (Å²) in [6.07, 6.45) is 3.46. The first kappa shape index (κ1) is 22.4. The Hall–Kier alpha value is -3.37. The molecule has 2 saturated heterocycles. The van der Waals surface area contributed by atoms with Crippen LogP contribution in [-0.4, -0.2) is 66.7 Å². The minimum atomic E-state index is -0.688. The maximum atomic E-state index is 15.0. The van der Waals surface area contributed by atoms with Gasteiger partial charge in [0, 0.05) is 44.9 Å². The zero-order valence-electron chi connectivity index (χ0n) is 18.9. The quantitative estimate of drug-likeness (QED) is 0.596. The largest absolute Gasteiger partial charge is 0.378 e. The highest BCUT2D eigenvalue weighted by atomic mass is 19.1. The van der Waals surface area contributed by atoms with E-state index in [0.717, 1.165) is 30.4 Å². The fourth-order valence-electron chi connectivity index (χ4n) is 4.44. The Morgan fingerprint density at radius 2 is 1.97 bits per heavy atom. The molecule has 1 amide bonds. The summed E-state index contributed by atoms with van der Waals surface area (Å²) in [4.78, 5) is 24.9. The van der Waals surface area contributed by atoms with Crippen molar-refractivity contribution < 1.29 is 18.3 Å². The van der Waals surface area contributed by atoms with E-state index in [1.807, 2.05) is 17.9 Å². The number of amides is 1. The number of morpholine rings is 1. The Labute approximate surface area is 195 Å². The standard InChI is InChI=1S/C24H26F2N6O2/c1-15-21(13-31-3-2-28-22(33)14-31)30-20-9-16(25)8-19(26)23(20)24(15)29-17-10-18(12-27-11-17)32-4-6-34-7-5-32/h8-12H,2-7,13-14H2,1H3,(H,28,33)(H,29,30). The molecule has 3 aromatic rings. The number of rotatable bonds is 5. The lowest BCUT2D eigenvalue weighted by Crippen LogP contribution is -2.47. The number of hydrogen-bond donors (Lipinski definition) is 2. The van der Waals surface area contributed by atoms with Crippen LogP contribution in [0.25, 0.3) is 10.9 Å². The highest BCUT2D eigenvalue weighted by Gasteiger charge is 2.22. The molecule has 0 atom stereocenters. The van der Waals surface area contributed by atoms with E-state index in [1.54, 1.807) is 12.4 Å². The maximum absolute atomic E-state index is 15.0. The average Bonchev–Trinajstić information content (AvgIpc) is 2.82. The van der Waals surface area contributed by atoms with Crippen molar-refractivity contribution in [2.24, 2.45) is 0 Å². The summed E-state index contributed by atoms with van der Waals surface area (Å²) in [7, 11) is 0. The second-order valence-corrected chi connectivity index (χ2v) is 8.56. The summed E-state index contributed by atoms with van der Waals surface area (Å²) in [5, 5.41) is 6.34. The number of hydrogen-bond acceptors (Lipinski definition) is 7. The number of halogens is 2. The molecule has 8 nitrogen and oxygen atoms in total. The third-order valence-corrected chi connectivity index (χ3v) is 6.21. The van der Waals surface area contributed by atoms with Gasteiger partial charge >= 0.3 is 0 Å². The van der Waals surface area contributed by atoms with Gasteiger partial charge in [-0.05, 0) is 18.6 Å². The van der Waals surface area contributed by atoms with Crippen molar-refractivity contribution >= 4 is 33.9 Å². The average molecular weight is 469 g/mol. The van der Waals surface area contributed by atoms with Gasteiger partial charge in [-0.2, -0.15) is 0 Å². The molecule has 0 radical (unpaired) electrons. The fraction of sp³-hybridized carbons (Fsp3) is 0.375. The highest BCUT2D eigenvalue weighted by Crippen LogP contribution is 2.34. The smallest absolute Gasteiger partial charge is 0.234 e. The number of benzene rings is 1. The van der Waals surface area contributed by atoms with E-state index in [0.29, 0.717) is 49.9 Å². The van der Waals surface area contributed by atoms with Crippen LogP contribution in [0.4, 0.5) is 25.8 Å². The number of nitrogens with one attached hydrogen (secondary N) is 2. The number of carbonyl (C=O) groups is 1. The van der Waals surface area contributed by atoms with E-state index in [4.69, 9.17) is 4.74 Å². The Morgan fingerprint density at radius 1 is 1.15 bits per heavy atom. The van der Waals surface area contributed by atoms with Crippen molar-refractivity contribution in [2.45, 2.75) is 13.5 Å². The van der Waals surface area contributed by atoms with Crippen molar-refractivity contribution in [2.75, 3.05) is 56.2 Å². The van der Waals surface area contributed by atoms with Crippen LogP contribution < -0.4 is 15.5 Å². The Balaban J connectivity index is 1.54. The number of carbonyl (C=O) groups excluding carboxylic acids is 1. The summed E-state index contributed by atoms with van der Waals surface area (Å²) in [5.74, 6) is -1.42. The minimum absolute atomic E-state index is 0.0499. The molecule has 2 aliphatic heterocycles. The summed E-state index contributed by atoms with van der Waals surface area (Å²) >= 11 is 0. The molecule has 4 heterocycles. The molecule has 0 saturated carbocycles. The van der Waals surface area contributed by atoms with Crippen LogP contribution in [0.2, 0.25) is 0 Å². The van der Waals surface area contributed by atoms with Gasteiger partial charge in [0.05, 0.1) is 65.8 Å². The van der Waals surface area contributed by atoms with Crippen LogP contribution in [0.1, 0.15) is 11.3 Å². The summed E-state index contributed by atoms with van der Waals surface area (Å²) in [6.45, 7) is 6.58. The highest BCUT2D eigenvalue weighted by molar-refractivity contribution is 5.95. The Bertz CT molecular complexity index is 1230. The lowest BCUT2D eigenvalue weighted by Gasteiger charge is -2.29. The Morgan fingerprint density at radius 3 is 2.76 bits per heavy atom. The van der Waals surface area contributed by atoms with E-state index in [-0.39, 0.29) is 23.4 Å². The third-order valence-electron chi connectivity index (χ3n) is 6.21. The van der Waals surface area contributed by atoms with Gasteiger partial charge in [0.1, 0.15) is 11.6 Å². The number of ether oxygens (including phenoxy) is 1. The van der Waals surface area contributed by atoms with Crippen molar-refractivity contribution in [3.8, 4) is 0 Å². The lowest BCUT2D eigenvalue weighted by molar-refractivity contribution is -0.124. The Kier molecular flexibility index (Phi) is 6.25. The normalized spacial score (nSPS) is 17.1. The molecule has 2 aromatic heterocycles. The molecule has 1 aromatic carbocycles. The first-order valence-electron chi connectivity index (χ1n) is 11.3. The zero-order valence-corrected chi connectivity index (χ0v) is 18.9. The molecule has 0 bridgehead atoms. The number of nitrogens with zero attached hydrogens (tertiary/aromatic N) is 4. The first-order chi connectivity index (χ1) is 16.5. The van der Waals surface area contributed by atoms with E-state index in [2.05, 4.69) is 25.5 Å². The zero-order chi connectivity index (χ0) is 23.7. The van der Waals surface area contributed by atoms with Gasteiger partial charge < -0.3 is 20.3 Å². The minimum Gasteiger partial charge on any atom is -0.378 e. The van der Waals surface area contributed by atoms with Crippen molar-refractivity contribution in [3.05, 3.63) is 53.5 Å². The van der Waals surface area contributed by atoms with Crippen molar-refractivity contribution in [3.63, 3.8) is 0 Å². The number of piperazine rings is 1. The molecule has 10 heteroatoms. The van der Waals surface area contributed by atoms with Gasteiger partial charge in [0.15, 0.2) is 0 Å². The molecule has 34 heavy (non-hydrogen) atoms. The SMILES string of the molecule is Cc1c(CN2CCNC(=O)C2)nc2cc(F)cc(F)c2c1Nc1cncc(N2CCOCC2)c1. The molecule has 5 rings (SSSR count). The van der Waals surface area contributed by atoms with Gasteiger partial charge in [0.25, 0.3) is 0 Å². The molecule has 178 valence electrons. The molecule has 0 unspecified atom stereocenters. The van der Waals surface area contributed by atoms with Gasteiger partial charge in [-0.3, -0.25) is 19.7 Å². The molecule has 2 aliphatic rings. The molecular weight excluding hydrogens is 442 g/mol. The van der Waals surface area contributed by atoms with E-state index < -0.39 is 11.6 Å². The van der Waals surface area contributed by atoms with E-state index in [9.17, 15) is 13.6 Å². The van der Waals surface area contributed by atoms with Gasteiger partial charge in [0.2, 0.25) is 5.91 Å². The fourth-order valence-corrected chi connectivity index (χ4v) is 4.44. The monoisotopic (exact) mass is 468 g/mol. The van der Waals surface area contributed by atoms with Gasteiger partial charge in [-0.25, -0.2) is 8.78 Å². The number of aromatic nitrogens is 2. The summed E-state index contributed by atoms with van der Waals surface area (Å²) < 4.78 is 34.5. The predicted octanol–water partition coefficient (Wildman–Crippen LogP) is 2.73. The van der Waals surface area contributed by atoms with Gasteiger partial charge in [-0.1, -0.05) is 0 Å². The summed E-state index contributed by atoms with van der Waals surface area (Å²) in [5.41, 5.74) is 3.76. The second kappa shape index (κ2) is 9.47. The van der Waals surface area contributed by atoms with Crippen LogP contribution in [0.15, 0.2) is 30.6 Å². The number of fused-ring (bicyclic) bond motifs is 1. The molecule has 2 N–H and O–H groups in total. The maximum Gasteiger partial charge on any atom is 0.234 e. The molecule has 0 aliphatic carbocycles. The van der Waals surface area contributed by atoms with E-state index in [1.165, 1.54) is 6.07 Å². The van der Waals surface area contributed by atoms with Crippen molar-refractivity contribution in [1.29, 1.82) is 0 Å². The van der Waals surface area contributed by atoms with Crippen LogP contribution >= 0.6 is 0 Å². The third kappa shape index (κ3) is 4.64. The van der Waals surface area contributed by atoms with Crippen LogP contribution in [0, 0.1) is 18.6 Å². The van der Waals surface area contributed by atoms with Crippen LogP contribution in [0.3, 0.4) is 0 Å². The molecule has 2 fully saturated rings. The van der Waals surface area contributed by atoms with Gasteiger partial charge in [-0.15, -0.1) is 0 Å². The first-order valence-corrected chi connectivity index (χ1v) is 11.3. The van der Waals surface area contributed by atoms with Crippen LogP contribution in [-0.2, 0) is 16.1 Å². The predicted molar refractivity (Wildman–Crippen MR) is 125 cm³/mol. The number of pyridine rings is 2. The van der Waals surface area contributed by atoms with Crippen molar-refractivity contribution in [1.82, 2.24) is 20.2 Å². The topological polar surface area (TPSA) is 82.6 Å². The second-order valence-electron chi connectivity index (χ2n) is 8.56.